The Morgan fingerprint density at radius 1 is 0.964 bits per heavy atom. The third-order valence-electron chi connectivity index (χ3n) is 5.67. The van der Waals surface area contributed by atoms with Crippen molar-refractivity contribution in [3.05, 3.63) is 71.1 Å². The Labute approximate surface area is 167 Å². The number of rotatable bonds is 5. The molecule has 5 nitrogen and oxygen atoms in total. The Balaban J connectivity index is 1.37. The molecule has 0 spiro atoms. The quantitative estimate of drug-likeness (QED) is 0.667. The van der Waals surface area contributed by atoms with Crippen LogP contribution in [-0.4, -0.2) is 46.2 Å². The number of benzene rings is 2. The maximum atomic E-state index is 6.00. The Morgan fingerprint density at radius 2 is 1.75 bits per heavy atom. The highest BCUT2D eigenvalue weighted by atomic mass is 16.4. The van der Waals surface area contributed by atoms with Gasteiger partial charge < -0.3 is 4.42 Å². The van der Waals surface area contributed by atoms with E-state index in [-0.39, 0.29) is 6.04 Å². The van der Waals surface area contributed by atoms with E-state index in [1.54, 1.807) is 0 Å². The first kappa shape index (κ1) is 18.8. The third kappa shape index (κ3) is 4.16. The van der Waals surface area contributed by atoms with Crippen molar-refractivity contribution >= 4 is 0 Å². The zero-order valence-corrected chi connectivity index (χ0v) is 16.9. The largest absolute Gasteiger partial charge is 0.419 e. The lowest BCUT2D eigenvalue weighted by molar-refractivity contribution is 0.0875. The Bertz CT molecular complexity index is 928. The molecule has 2 aromatic carbocycles. The van der Waals surface area contributed by atoms with Crippen molar-refractivity contribution in [1.29, 1.82) is 0 Å². The van der Waals surface area contributed by atoms with Gasteiger partial charge in [0, 0.05) is 38.3 Å². The molecule has 28 heavy (non-hydrogen) atoms. The number of nitrogens with zero attached hydrogens (tertiary/aromatic N) is 4. The van der Waals surface area contributed by atoms with Crippen LogP contribution in [0.25, 0.3) is 11.5 Å². The zero-order valence-electron chi connectivity index (χ0n) is 16.9. The molecule has 1 saturated heterocycles. The van der Waals surface area contributed by atoms with Gasteiger partial charge in [0.15, 0.2) is 0 Å². The lowest BCUT2D eigenvalue weighted by Crippen LogP contribution is -2.46. The van der Waals surface area contributed by atoms with E-state index in [9.17, 15) is 0 Å². The summed E-state index contributed by atoms with van der Waals surface area (Å²) >= 11 is 0. The van der Waals surface area contributed by atoms with E-state index in [4.69, 9.17) is 4.42 Å². The van der Waals surface area contributed by atoms with E-state index in [1.165, 1.54) is 16.7 Å². The summed E-state index contributed by atoms with van der Waals surface area (Å²) in [4.78, 5) is 4.96. The van der Waals surface area contributed by atoms with Gasteiger partial charge in [-0.25, -0.2) is 0 Å². The summed E-state index contributed by atoms with van der Waals surface area (Å²) in [5.74, 6) is 1.30. The number of hydrogen-bond acceptors (Lipinski definition) is 5. The predicted octanol–water partition coefficient (Wildman–Crippen LogP) is 4.23. The molecule has 5 heteroatoms. The number of aromatic nitrogens is 2. The van der Waals surface area contributed by atoms with Crippen LogP contribution in [0, 0.1) is 13.8 Å². The van der Waals surface area contributed by atoms with Gasteiger partial charge in [-0.1, -0.05) is 42.0 Å². The van der Waals surface area contributed by atoms with Crippen molar-refractivity contribution < 1.29 is 4.42 Å². The summed E-state index contributed by atoms with van der Waals surface area (Å²) < 4.78 is 6.00. The molecule has 0 aliphatic carbocycles. The van der Waals surface area contributed by atoms with E-state index >= 15 is 0 Å². The predicted molar refractivity (Wildman–Crippen MR) is 111 cm³/mol. The van der Waals surface area contributed by atoms with Crippen molar-refractivity contribution in [3.63, 3.8) is 0 Å². The highest BCUT2D eigenvalue weighted by molar-refractivity contribution is 5.53. The molecule has 0 unspecified atom stereocenters. The monoisotopic (exact) mass is 376 g/mol. The number of piperazine rings is 1. The molecule has 1 aliphatic rings. The van der Waals surface area contributed by atoms with Crippen LogP contribution in [0.4, 0.5) is 0 Å². The number of hydrogen-bond donors (Lipinski definition) is 0. The highest BCUT2D eigenvalue weighted by Crippen LogP contribution is 2.25. The second kappa shape index (κ2) is 8.25. The summed E-state index contributed by atoms with van der Waals surface area (Å²) in [5, 5.41) is 8.59. The molecule has 0 radical (unpaired) electrons. The fourth-order valence-electron chi connectivity index (χ4n) is 3.79. The normalized spacial score (nSPS) is 17.0. The molecule has 0 bridgehead atoms. The summed E-state index contributed by atoms with van der Waals surface area (Å²) in [7, 11) is 0. The second-order valence-corrected chi connectivity index (χ2v) is 7.73. The van der Waals surface area contributed by atoms with Gasteiger partial charge in [-0.15, -0.1) is 10.2 Å². The lowest BCUT2D eigenvalue weighted by Gasteiger charge is -2.37. The smallest absolute Gasteiger partial charge is 0.247 e. The molecule has 3 aromatic rings. The van der Waals surface area contributed by atoms with Gasteiger partial charge in [-0.2, -0.15) is 0 Å². The van der Waals surface area contributed by atoms with E-state index < -0.39 is 0 Å². The molecule has 1 fully saturated rings. The van der Waals surface area contributed by atoms with Crippen molar-refractivity contribution in [2.24, 2.45) is 0 Å². The third-order valence-corrected chi connectivity index (χ3v) is 5.67. The maximum Gasteiger partial charge on any atom is 0.247 e. The minimum atomic E-state index is 0.131. The first-order valence-electron chi connectivity index (χ1n) is 10.0. The Morgan fingerprint density at radius 3 is 2.50 bits per heavy atom. The summed E-state index contributed by atoms with van der Waals surface area (Å²) in [5.41, 5.74) is 4.96. The van der Waals surface area contributed by atoms with Crippen molar-refractivity contribution in [2.75, 3.05) is 26.2 Å². The van der Waals surface area contributed by atoms with Gasteiger partial charge in [-0.3, -0.25) is 9.80 Å². The molecule has 0 saturated carbocycles. The molecule has 146 valence electrons. The Hall–Kier alpha value is -2.50. The van der Waals surface area contributed by atoms with Crippen LogP contribution in [0.2, 0.25) is 0 Å². The summed E-state index contributed by atoms with van der Waals surface area (Å²) in [6.07, 6.45) is 0. The minimum absolute atomic E-state index is 0.131. The molecule has 1 aromatic heterocycles. The van der Waals surface area contributed by atoms with Gasteiger partial charge in [-0.05, 0) is 44.0 Å². The van der Waals surface area contributed by atoms with Crippen LogP contribution in [0.1, 0.15) is 35.5 Å². The van der Waals surface area contributed by atoms with Gasteiger partial charge in [0.25, 0.3) is 0 Å². The standard InChI is InChI=1S/C23H28N4O/c1-17-7-6-10-20(15-17)23-25-24-22(28-23)19(3)27-13-11-26(12-14-27)16-21-9-5-4-8-18(21)2/h4-10,15,19H,11-14,16H2,1-3H3/t19-/m0/s1. The Kier molecular flexibility index (Phi) is 5.55. The fraction of sp³-hybridized carbons (Fsp3) is 0.391. The SMILES string of the molecule is Cc1cccc(-c2nnc([C@H](C)N3CCN(Cc4ccccc4C)CC3)o2)c1. The molecule has 0 amide bonds. The van der Waals surface area contributed by atoms with Gasteiger partial charge >= 0.3 is 0 Å². The van der Waals surface area contributed by atoms with Gasteiger partial charge in [0.2, 0.25) is 11.8 Å². The van der Waals surface area contributed by atoms with Crippen molar-refractivity contribution in [1.82, 2.24) is 20.0 Å². The van der Waals surface area contributed by atoms with E-state index in [0.717, 1.165) is 38.3 Å². The molecule has 0 N–H and O–H groups in total. The first-order chi connectivity index (χ1) is 13.6. The van der Waals surface area contributed by atoms with Crippen LogP contribution in [0.3, 0.4) is 0 Å². The molecule has 1 atom stereocenters. The van der Waals surface area contributed by atoms with E-state index in [2.05, 4.69) is 77.2 Å². The summed E-state index contributed by atoms with van der Waals surface area (Å²) in [6, 6.07) is 17.0. The average Bonchev–Trinajstić information content (AvgIpc) is 3.20. The first-order valence-corrected chi connectivity index (χ1v) is 10.0. The van der Waals surface area contributed by atoms with Gasteiger partial charge in [0.05, 0.1) is 6.04 Å². The topological polar surface area (TPSA) is 45.4 Å². The van der Waals surface area contributed by atoms with E-state index in [1.807, 2.05) is 12.1 Å². The lowest BCUT2D eigenvalue weighted by atomic mass is 10.1. The van der Waals surface area contributed by atoms with Crippen molar-refractivity contribution in [2.45, 2.75) is 33.4 Å². The van der Waals surface area contributed by atoms with E-state index in [0.29, 0.717) is 11.8 Å². The summed E-state index contributed by atoms with van der Waals surface area (Å²) in [6.45, 7) is 11.6. The highest BCUT2D eigenvalue weighted by Gasteiger charge is 2.26. The average molecular weight is 377 g/mol. The maximum absolute atomic E-state index is 6.00. The van der Waals surface area contributed by atoms with Crippen LogP contribution >= 0.6 is 0 Å². The second-order valence-electron chi connectivity index (χ2n) is 7.73. The molecule has 1 aliphatic heterocycles. The van der Waals surface area contributed by atoms with Gasteiger partial charge in [0.1, 0.15) is 0 Å². The fourth-order valence-corrected chi connectivity index (χ4v) is 3.79. The molecular formula is C23H28N4O. The molecular weight excluding hydrogens is 348 g/mol. The number of aryl methyl sites for hydroxylation is 2. The molecule has 2 heterocycles. The van der Waals surface area contributed by atoms with Crippen LogP contribution in [-0.2, 0) is 6.54 Å². The van der Waals surface area contributed by atoms with Crippen LogP contribution in [0.15, 0.2) is 52.9 Å². The van der Waals surface area contributed by atoms with Crippen LogP contribution in [0.5, 0.6) is 0 Å². The van der Waals surface area contributed by atoms with Crippen LogP contribution < -0.4 is 0 Å². The van der Waals surface area contributed by atoms with Crippen molar-refractivity contribution in [3.8, 4) is 11.5 Å². The molecule has 4 rings (SSSR count). The zero-order chi connectivity index (χ0) is 19.5. The minimum Gasteiger partial charge on any atom is -0.419 e.